The van der Waals surface area contributed by atoms with Gasteiger partial charge in [0.15, 0.2) is 5.13 Å². The summed E-state index contributed by atoms with van der Waals surface area (Å²) in [5.74, 6) is 0.0307. The molecule has 0 fully saturated rings. The van der Waals surface area contributed by atoms with Crippen molar-refractivity contribution >= 4 is 55.9 Å². The maximum absolute atomic E-state index is 13.4. The van der Waals surface area contributed by atoms with Crippen LogP contribution in [-0.4, -0.2) is 33.8 Å². The second-order valence-electron chi connectivity index (χ2n) is 9.98. The number of benzene rings is 4. The highest BCUT2D eigenvalue weighted by molar-refractivity contribution is 7.22. The molecule has 2 N–H and O–H groups in total. The van der Waals surface area contributed by atoms with E-state index in [1.807, 2.05) is 97.1 Å². The molecule has 212 valence electrons. The number of hydrogen-bond donors (Lipinski definition) is 2. The monoisotopic (exact) mass is 604 g/mol. The van der Waals surface area contributed by atoms with E-state index in [2.05, 4.69) is 15.3 Å². The average Bonchev–Trinajstić information content (AvgIpc) is 3.64. The number of nitrogens with one attached hydrogen (secondary N) is 1. The Labute approximate surface area is 254 Å². The van der Waals surface area contributed by atoms with E-state index in [9.17, 15) is 14.7 Å². The van der Waals surface area contributed by atoms with Crippen LogP contribution in [0.4, 0.5) is 20.4 Å². The topological polar surface area (TPSA) is 105 Å². The van der Waals surface area contributed by atoms with Crippen molar-refractivity contribution in [2.24, 2.45) is 0 Å². The SMILES string of the molecule is O=C(O)Oc1nc(-c2ccc3c(c2)N(C(=O)Nc2nc4ccccc4s2)CCC3)sc1-c1ccc(-c2ccccc2)cc1. The molecule has 0 atom stereocenters. The van der Waals surface area contributed by atoms with Crippen molar-refractivity contribution in [3.8, 4) is 38.0 Å². The molecule has 43 heavy (non-hydrogen) atoms. The van der Waals surface area contributed by atoms with Crippen LogP contribution in [-0.2, 0) is 6.42 Å². The van der Waals surface area contributed by atoms with Gasteiger partial charge in [-0.25, -0.2) is 19.6 Å². The third kappa shape index (κ3) is 5.45. The van der Waals surface area contributed by atoms with Crippen LogP contribution in [0.5, 0.6) is 5.88 Å². The Morgan fingerprint density at radius 3 is 2.33 bits per heavy atom. The van der Waals surface area contributed by atoms with E-state index < -0.39 is 6.16 Å². The van der Waals surface area contributed by atoms with Gasteiger partial charge in [-0.1, -0.05) is 90.2 Å². The predicted octanol–water partition coefficient (Wildman–Crippen LogP) is 8.80. The summed E-state index contributed by atoms with van der Waals surface area (Å²) in [6.45, 7) is 0.567. The fourth-order valence-electron chi connectivity index (χ4n) is 5.21. The molecule has 2 aromatic heterocycles. The number of carbonyl (C=O) groups excluding carboxylic acids is 1. The first-order chi connectivity index (χ1) is 21.0. The number of rotatable bonds is 5. The molecule has 0 bridgehead atoms. The largest absolute Gasteiger partial charge is 0.512 e. The minimum atomic E-state index is -1.43. The van der Waals surface area contributed by atoms with Crippen molar-refractivity contribution in [1.82, 2.24) is 9.97 Å². The normalized spacial score (nSPS) is 12.6. The summed E-state index contributed by atoms with van der Waals surface area (Å²) in [5.41, 5.74) is 6.41. The highest BCUT2D eigenvalue weighted by Crippen LogP contribution is 2.42. The molecule has 0 spiro atoms. The lowest BCUT2D eigenvalue weighted by Gasteiger charge is -2.29. The number of anilines is 2. The number of carboxylic acid groups (broad SMARTS) is 1. The number of thiazole rings is 2. The Bertz CT molecular complexity index is 1940. The van der Waals surface area contributed by atoms with Gasteiger partial charge in [-0.15, -0.1) is 11.3 Å². The van der Waals surface area contributed by atoms with Crippen molar-refractivity contribution in [2.75, 3.05) is 16.8 Å². The van der Waals surface area contributed by atoms with Gasteiger partial charge in [0.1, 0.15) is 5.01 Å². The highest BCUT2D eigenvalue weighted by atomic mass is 32.1. The number of amides is 2. The summed E-state index contributed by atoms with van der Waals surface area (Å²) in [6, 6.07) is 31.3. The number of aromatic nitrogens is 2. The molecule has 0 aliphatic carbocycles. The van der Waals surface area contributed by atoms with Crippen molar-refractivity contribution in [2.45, 2.75) is 12.8 Å². The molecule has 0 radical (unpaired) electrons. The van der Waals surface area contributed by atoms with Crippen LogP contribution in [0.25, 0.3) is 42.4 Å². The number of hydrogen-bond acceptors (Lipinski definition) is 7. The fourth-order valence-corrected chi connectivity index (χ4v) is 7.06. The lowest BCUT2D eigenvalue weighted by molar-refractivity contribution is 0.143. The van der Waals surface area contributed by atoms with Crippen LogP contribution in [0.15, 0.2) is 97.1 Å². The number of nitrogens with zero attached hydrogens (tertiary/aromatic N) is 3. The van der Waals surface area contributed by atoms with Crippen molar-refractivity contribution < 1.29 is 19.4 Å². The summed E-state index contributed by atoms with van der Waals surface area (Å²) in [6.07, 6.45) is 0.267. The Balaban J connectivity index is 1.20. The molecule has 0 saturated heterocycles. The summed E-state index contributed by atoms with van der Waals surface area (Å²) in [5, 5.41) is 13.5. The average molecular weight is 605 g/mol. The predicted molar refractivity (Wildman–Crippen MR) is 171 cm³/mol. The molecule has 2 amide bonds. The molecule has 1 aliphatic rings. The van der Waals surface area contributed by atoms with Crippen LogP contribution in [0, 0.1) is 0 Å². The van der Waals surface area contributed by atoms with Crippen LogP contribution >= 0.6 is 22.7 Å². The second-order valence-corrected chi connectivity index (χ2v) is 12.0. The van der Waals surface area contributed by atoms with Gasteiger partial charge in [0.05, 0.1) is 15.1 Å². The molecule has 10 heteroatoms. The van der Waals surface area contributed by atoms with Gasteiger partial charge in [-0.05, 0) is 53.3 Å². The van der Waals surface area contributed by atoms with Crippen LogP contribution in [0.1, 0.15) is 12.0 Å². The minimum absolute atomic E-state index is 0.0307. The van der Waals surface area contributed by atoms with Gasteiger partial charge in [-0.3, -0.25) is 10.2 Å². The summed E-state index contributed by atoms with van der Waals surface area (Å²) < 4.78 is 6.12. The van der Waals surface area contributed by atoms with Gasteiger partial charge in [0, 0.05) is 17.8 Å². The van der Waals surface area contributed by atoms with Crippen LogP contribution < -0.4 is 15.0 Å². The number of ether oxygens (including phenoxy) is 1. The smallest absolute Gasteiger partial charge is 0.449 e. The third-order valence-electron chi connectivity index (χ3n) is 7.24. The van der Waals surface area contributed by atoms with Gasteiger partial charge in [0.25, 0.3) is 0 Å². The summed E-state index contributed by atoms with van der Waals surface area (Å²) >= 11 is 2.79. The molecule has 7 rings (SSSR count). The van der Waals surface area contributed by atoms with Crippen molar-refractivity contribution in [3.63, 3.8) is 0 Å². The molecular weight excluding hydrogens is 581 g/mol. The van der Waals surface area contributed by atoms with E-state index >= 15 is 0 Å². The van der Waals surface area contributed by atoms with E-state index in [-0.39, 0.29) is 11.9 Å². The summed E-state index contributed by atoms with van der Waals surface area (Å²) in [4.78, 5) is 36.4. The lowest BCUT2D eigenvalue weighted by Crippen LogP contribution is -2.38. The Kier molecular flexibility index (Phi) is 7.06. The number of urea groups is 1. The first-order valence-corrected chi connectivity index (χ1v) is 15.3. The van der Waals surface area contributed by atoms with Crippen molar-refractivity contribution in [3.05, 3.63) is 103 Å². The van der Waals surface area contributed by atoms with Crippen LogP contribution in [0.3, 0.4) is 0 Å². The molecule has 4 aromatic carbocycles. The Hall–Kier alpha value is -5.06. The van der Waals surface area contributed by atoms with Crippen LogP contribution in [0.2, 0.25) is 0 Å². The molecule has 0 unspecified atom stereocenters. The van der Waals surface area contributed by atoms with E-state index in [4.69, 9.17) is 4.74 Å². The molecular formula is C33H24N4O4S2. The zero-order valence-corrected chi connectivity index (χ0v) is 24.3. The number of carbonyl (C=O) groups is 2. The standard InChI is InChI=1S/C33H24N4O4S2/c38-32(36-31-34-25-10-4-5-11-27(25)42-31)37-18-6-9-22-14-17-24(19-26(22)37)30-35-29(41-33(39)40)28(43-30)23-15-12-21(13-16-23)20-7-2-1-3-8-20/h1-5,7-8,10-17,19H,6,9,18H2,(H,39,40)(H,34,36,38). The maximum atomic E-state index is 13.4. The minimum Gasteiger partial charge on any atom is -0.449 e. The third-order valence-corrected chi connectivity index (χ3v) is 9.32. The molecule has 6 aromatic rings. The van der Waals surface area contributed by atoms with Gasteiger partial charge in [0.2, 0.25) is 5.88 Å². The second kappa shape index (κ2) is 11.3. The van der Waals surface area contributed by atoms with E-state index in [1.165, 1.54) is 22.7 Å². The zero-order valence-electron chi connectivity index (χ0n) is 22.7. The van der Waals surface area contributed by atoms with E-state index in [0.717, 1.165) is 56.6 Å². The molecule has 1 aliphatic heterocycles. The van der Waals surface area contributed by atoms with Gasteiger partial charge < -0.3 is 9.84 Å². The van der Waals surface area contributed by atoms with Gasteiger partial charge >= 0.3 is 12.2 Å². The molecule has 0 saturated carbocycles. The summed E-state index contributed by atoms with van der Waals surface area (Å²) in [7, 11) is 0. The first-order valence-electron chi connectivity index (χ1n) is 13.7. The number of fused-ring (bicyclic) bond motifs is 2. The maximum Gasteiger partial charge on any atom is 0.512 e. The van der Waals surface area contributed by atoms with E-state index in [1.54, 1.807) is 4.90 Å². The lowest BCUT2D eigenvalue weighted by atomic mass is 10.00. The van der Waals surface area contributed by atoms with Crippen molar-refractivity contribution in [1.29, 1.82) is 0 Å². The highest BCUT2D eigenvalue weighted by Gasteiger charge is 2.25. The Morgan fingerprint density at radius 2 is 1.53 bits per heavy atom. The number of para-hydroxylation sites is 1. The van der Waals surface area contributed by atoms with E-state index in [0.29, 0.717) is 21.6 Å². The number of aryl methyl sites for hydroxylation is 1. The zero-order chi connectivity index (χ0) is 29.3. The van der Waals surface area contributed by atoms with Gasteiger partial charge in [-0.2, -0.15) is 0 Å². The Morgan fingerprint density at radius 1 is 0.814 bits per heavy atom. The molecule has 8 nitrogen and oxygen atoms in total. The first kappa shape index (κ1) is 26.8. The molecule has 3 heterocycles. The fraction of sp³-hybridized carbons (Fsp3) is 0.0909. The quantitative estimate of drug-likeness (QED) is 0.191.